The lowest BCUT2D eigenvalue weighted by Crippen LogP contribution is -2.10. The number of hydrogen-bond donors (Lipinski definition) is 0. The van der Waals surface area contributed by atoms with Gasteiger partial charge < -0.3 is 9.30 Å². The lowest BCUT2D eigenvalue weighted by atomic mass is 10.2. The minimum absolute atomic E-state index is 0.207. The minimum atomic E-state index is -2.45. The average Bonchev–Trinajstić information content (AvgIpc) is 2.79. The van der Waals surface area contributed by atoms with Crippen LogP contribution in [-0.2, 0) is 17.7 Å². The van der Waals surface area contributed by atoms with Crippen LogP contribution >= 0.6 is 0 Å². The Labute approximate surface area is 115 Å². The first-order valence-corrected chi connectivity index (χ1v) is 6.40. The van der Waals surface area contributed by atoms with Crippen molar-refractivity contribution in [1.29, 1.82) is 5.26 Å². The van der Waals surface area contributed by atoms with Gasteiger partial charge in [-0.05, 0) is 25.1 Å². The number of fused-ring (bicyclic) bond motifs is 1. The highest BCUT2D eigenvalue weighted by atomic mass is 19.3. The Balaban J connectivity index is 2.18. The van der Waals surface area contributed by atoms with E-state index in [0.29, 0.717) is 12.0 Å². The first-order valence-electron chi connectivity index (χ1n) is 6.40. The van der Waals surface area contributed by atoms with Crippen molar-refractivity contribution in [2.75, 3.05) is 13.2 Å². The smallest absolute Gasteiger partial charge is 0.261 e. The summed E-state index contributed by atoms with van der Waals surface area (Å²) in [4.78, 5) is 4.45. The number of imidazole rings is 1. The molecule has 0 radical (unpaired) electrons. The van der Waals surface area contributed by atoms with Gasteiger partial charge in [-0.2, -0.15) is 5.26 Å². The number of alkyl halides is 2. The van der Waals surface area contributed by atoms with Crippen LogP contribution in [0.15, 0.2) is 18.2 Å². The van der Waals surface area contributed by atoms with Crippen molar-refractivity contribution in [2.45, 2.75) is 26.3 Å². The topological polar surface area (TPSA) is 50.8 Å². The van der Waals surface area contributed by atoms with E-state index in [1.807, 2.05) is 17.6 Å². The van der Waals surface area contributed by atoms with Gasteiger partial charge >= 0.3 is 0 Å². The summed E-state index contributed by atoms with van der Waals surface area (Å²) >= 11 is 0. The van der Waals surface area contributed by atoms with Crippen LogP contribution in [-0.4, -0.2) is 29.2 Å². The Morgan fingerprint density at radius 3 is 2.90 bits per heavy atom. The fourth-order valence-corrected chi connectivity index (χ4v) is 2.13. The van der Waals surface area contributed by atoms with E-state index in [0.717, 1.165) is 23.4 Å². The van der Waals surface area contributed by atoms with Gasteiger partial charge in [0.2, 0.25) is 0 Å². The van der Waals surface area contributed by atoms with Crippen LogP contribution in [0.4, 0.5) is 8.78 Å². The van der Waals surface area contributed by atoms with Crippen molar-refractivity contribution in [1.82, 2.24) is 9.55 Å². The van der Waals surface area contributed by atoms with E-state index in [4.69, 9.17) is 10.00 Å². The van der Waals surface area contributed by atoms with E-state index < -0.39 is 13.0 Å². The number of aryl methyl sites for hydroxylation is 1. The summed E-state index contributed by atoms with van der Waals surface area (Å²) in [6.07, 6.45) is -1.98. The van der Waals surface area contributed by atoms with E-state index in [9.17, 15) is 8.78 Å². The summed E-state index contributed by atoms with van der Waals surface area (Å²) in [6, 6.07) is 7.40. The largest absolute Gasteiger partial charge is 0.375 e. The molecule has 2 rings (SSSR count). The SMILES string of the molecule is CCn1c(CCOCC(F)F)nc2cc(C#N)ccc21. The number of nitriles is 1. The number of nitrogens with zero attached hydrogens (tertiary/aromatic N) is 3. The van der Waals surface area contributed by atoms with Gasteiger partial charge in [0.15, 0.2) is 0 Å². The Morgan fingerprint density at radius 2 is 2.25 bits per heavy atom. The van der Waals surface area contributed by atoms with Crippen LogP contribution < -0.4 is 0 Å². The van der Waals surface area contributed by atoms with Crippen molar-refractivity contribution >= 4 is 11.0 Å². The second kappa shape index (κ2) is 6.44. The third-order valence-corrected chi connectivity index (χ3v) is 2.99. The van der Waals surface area contributed by atoms with Crippen molar-refractivity contribution < 1.29 is 13.5 Å². The lowest BCUT2D eigenvalue weighted by molar-refractivity contribution is 0.0181. The van der Waals surface area contributed by atoms with Gasteiger partial charge in [-0.15, -0.1) is 0 Å². The van der Waals surface area contributed by atoms with Crippen LogP contribution in [0, 0.1) is 11.3 Å². The summed E-state index contributed by atoms with van der Waals surface area (Å²) in [5, 5.41) is 8.88. The molecule has 0 saturated heterocycles. The van der Waals surface area contributed by atoms with E-state index in [-0.39, 0.29) is 6.61 Å². The second-order valence-electron chi connectivity index (χ2n) is 4.30. The van der Waals surface area contributed by atoms with Gasteiger partial charge in [0.1, 0.15) is 12.4 Å². The highest BCUT2D eigenvalue weighted by molar-refractivity contribution is 5.77. The highest BCUT2D eigenvalue weighted by Crippen LogP contribution is 2.18. The molecule has 1 aromatic carbocycles. The van der Waals surface area contributed by atoms with E-state index in [2.05, 4.69) is 11.1 Å². The average molecular weight is 279 g/mol. The number of hydrogen-bond acceptors (Lipinski definition) is 3. The molecule has 0 unspecified atom stereocenters. The zero-order valence-electron chi connectivity index (χ0n) is 11.1. The zero-order valence-corrected chi connectivity index (χ0v) is 11.1. The van der Waals surface area contributed by atoms with Gasteiger partial charge in [-0.1, -0.05) is 0 Å². The number of aromatic nitrogens is 2. The van der Waals surface area contributed by atoms with Crippen LogP contribution in [0.5, 0.6) is 0 Å². The molecule has 0 atom stereocenters. The molecule has 20 heavy (non-hydrogen) atoms. The maximum atomic E-state index is 12.0. The molecule has 0 aliphatic rings. The summed E-state index contributed by atoms with van der Waals surface area (Å²) in [6.45, 7) is 2.37. The molecule has 1 aromatic heterocycles. The van der Waals surface area contributed by atoms with E-state index in [1.54, 1.807) is 12.1 Å². The molecule has 0 spiro atoms. The number of halogens is 2. The number of rotatable bonds is 6. The van der Waals surface area contributed by atoms with Crippen molar-refractivity contribution in [3.05, 3.63) is 29.6 Å². The molecule has 0 aliphatic heterocycles. The van der Waals surface area contributed by atoms with Gasteiger partial charge in [-0.3, -0.25) is 0 Å². The van der Waals surface area contributed by atoms with Crippen molar-refractivity contribution in [3.63, 3.8) is 0 Å². The van der Waals surface area contributed by atoms with E-state index >= 15 is 0 Å². The van der Waals surface area contributed by atoms with Gasteiger partial charge in [0.25, 0.3) is 6.43 Å². The van der Waals surface area contributed by atoms with Crippen LogP contribution in [0.2, 0.25) is 0 Å². The monoisotopic (exact) mass is 279 g/mol. The van der Waals surface area contributed by atoms with Crippen LogP contribution in [0.1, 0.15) is 18.3 Å². The third kappa shape index (κ3) is 3.11. The van der Waals surface area contributed by atoms with Gasteiger partial charge in [0, 0.05) is 13.0 Å². The highest BCUT2D eigenvalue weighted by Gasteiger charge is 2.10. The first-order chi connectivity index (χ1) is 9.65. The predicted octanol–water partition coefficient (Wildman–Crippen LogP) is 2.75. The Hall–Kier alpha value is -2.00. The zero-order chi connectivity index (χ0) is 14.5. The Bertz CT molecular complexity index is 631. The molecule has 0 saturated carbocycles. The summed E-state index contributed by atoms with van der Waals surface area (Å²) in [5.41, 5.74) is 2.24. The summed E-state index contributed by atoms with van der Waals surface area (Å²) in [5.74, 6) is 0.784. The quantitative estimate of drug-likeness (QED) is 0.764. The molecule has 0 amide bonds. The fraction of sp³-hybridized carbons (Fsp3) is 0.429. The molecule has 1 heterocycles. The molecule has 4 nitrogen and oxygen atoms in total. The summed E-state index contributed by atoms with van der Waals surface area (Å²) in [7, 11) is 0. The maximum absolute atomic E-state index is 12.0. The van der Waals surface area contributed by atoms with Crippen molar-refractivity contribution in [2.24, 2.45) is 0 Å². The molecule has 6 heteroatoms. The maximum Gasteiger partial charge on any atom is 0.261 e. The molecular formula is C14H15F2N3O. The normalized spacial score (nSPS) is 11.2. The van der Waals surface area contributed by atoms with E-state index in [1.165, 1.54) is 0 Å². The minimum Gasteiger partial charge on any atom is -0.375 e. The molecular weight excluding hydrogens is 264 g/mol. The standard InChI is InChI=1S/C14H15F2N3O/c1-2-19-12-4-3-10(8-17)7-11(12)18-14(19)5-6-20-9-13(15)16/h3-4,7,13H,2,5-6,9H2,1H3. The lowest BCUT2D eigenvalue weighted by Gasteiger charge is -2.06. The van der Waals surface area contributed by atoms with Crippen LogP contribution in [0.3, 0.4) is 0 Å². The van der Waals surface area contributed by atoms with Gasteiger partial charge in [0.05, 0.1) is 29.3 Å². The Morgan fingerprint density at radius 1 is 1.45 bits per heavy atom. The van der Waals surface area contributed by atoms with Crippen molar-refractivity contribution in [3.8, 4) is 6.07 Å². The summed E-state index contributed by atoms with van der Waals surface area (Å²) < 4.78 is 30.8. The number of benzene rings is 1. The predicted molar refractivity (Wildman–Crippen MR) is 70.6 cm³/mol. The first kappa shape index (κ1) is 14.4. The van der Waals surface area contributed by atoms with Gasteiger partial charge in [-0.25, -0.2) is 13.8 Å². The molecule has 0 fully saturated rings. The molecule has 2 aromatic rings. The third-order valence-electron chi connectivity index (χ3n) is 2.99. The second-order valence-corrected chi connectivity index (χ2v) is 4.30. The van der Waals surface area contributed by atoms with Crippen LogP contribution in [0.25, 0.3) is 11.0 Å². The molecule has 0 bridgehead atoms. The molecule has 0 aliphatic carbocycles. The molecule has 106 valence electrons. The molecule has 0 N–H and O–H groups in total. The fourth-order valence-electron chi connectivity index (χ4n) is 2.13. The number of ether oxygens (including phenoxy) is 1. The Kier molecular flexibility index (Phi) is 4.64.